The van der Waals surface area contributed by atoms with E-state index in [0.29, 0.717) is 13.2 Å². The highest BCUT2D eigenvalue weighted by molar-refractivity contribution is 6.15. The van der Waals surface area contributed by atoms with Crippen LogP contribution in [-0.4, -0.2) is 23.8 Å². The molecule has 0 bridgehead atoms. The molecule has 2 aromatic carbocycles. The number of hydrogen-bond donors (Lipinski definition) is 0. The van der Waals surface area contributed by atoms with Gasteiger partial charge >= 0.3 is 0 Å². The lowest BCUT2D eigenvalue weighted by Gasteiger charge is -2.14. The minimum Gasteiger partial charge on any atom is -0.491 e. The molecular weight excluding hydrogens is 280 g/mol. The normalized spacial score (nSPS) is 13.6. The zero-order valence-electron chi connectivity index (χ0n) is 12.5. The average Bonchev–Trinajstić information content (AvgIpc) is 2.69. The molecule has 0 amide bonds. The Hall–Kier alpha value is -2.69. The Balaban J connectivity index is 2.12. The third-order valence-electron chi connectivity index (χ3n) is 3.65. The lowest BCUT2D eigenvalue weighted by Crippen LogP contribution is -2.07. The number of nitro groups is 1. The molecular formula is C17H16N2O3. The van der Waals surface area contributed by atoms with Gasteiger partial charge in [0.25, 0.3) is 5.69 Å². The number of non-ortho nitro benzene ring substituents is 1. The predicted molar refractivity (Wildman–Crippen MR) is 85.0 cm³/mol. The van der Waals surface area contributed by atoms with Crippen molar-refractivity contribution in [2.45, 2.75) is 13.8 Å². The Labute approximate surface area is 128 Å². The third-order valence-corrected chi connectivity index (χ3v) is 3.65. The molecule has 0 N–H and O–H groups in total. The monoisotopic (exact) mass is 296 g/mol. The maximum atomic E-state index is 10.8. The molecule has 0 unspecified atom stereocenters. The Bertz CT molecular complexity index is 764. The maximum Gasteiger partial charge on any atom is 0.269 e. The summed E-state index contributed by atoms with van der Waals surface area (Å²) in [6, 6.07) is 10.6. The second-order valence-electron chi connectivity index (χ2n) is 5.34. The van der Waals surface area contributed by atoms with Crippen molar-refractivity contribution >= 4 is 11.4 Å². The first-order chi connectivity index (χ1) is 10.6. The van der Waals surface area contributed by atoms with Crippen molar-refractivity contribution in [3.05, 3.63) is 68.8 Å². The van der Waals surface area contributed by atoms with Crippen LogP contribution in [0, 0.1) is 24.0 Å². The van der Waals surface area contributed by atoms with E-state index in [1.165, 1.54) is 12.1 Å². The molecule has 0 radical (unpaired) electrons. The number of rotatable bonds is 2. The number of nitro benzene ring substituents is 1. The van der Waals surface area contributed by atoms with Crippen LogP contribution in [0.25, 0.3) is 0 Å². The van der Waals surface area contributed by atoms with E-state index in [1.54, 1.807) is 12.1 Å². The molecule has 5 heteroatoms. The van der Waals surface area contributed by atoms with Crippen LogP contribution in [0.2, 0.25) is 0 Å². The van der Waals surface area contributed by atoms with Crippen LogP contribution in [0.15, 0.2) is 41.4 Å². The molecule has 1 aliphatic heterocycles. The topological polar surface area (TPSA) is 64.7 Å². The van der Waals surface area contributed by atoms with Gasteiger partial charge in [-0.05, 0) is 43.2 Å². The molecule has 0 saturated carbocycles. The number of nitrogens with zero attached hydrogens (tertiary/aromatic N) is 2. The van der Waals surface area contributed by atoms with E-state index < -0.39 is 4.92 Å². The number of fused-ring (bicyclic) bond motifs is 1. The number of aryl methyl sites for hydroxylation is 2. The summed E-state index contributed by atoms with van der Waals surface area (Å²) in [6.07, 6.45) is 0. The van der Waals surface area contributed by atoms with Crippen molar-refractivity contribution in [3.8, 4) is 5.75 Å². The summed E-state index contributed by atoms with van der Waals surface area (Å²) in [7, 11) is 0. The van der Waals surface area contributed by atoms with Crippen LogP contribution in [0.1, 0.15) is 22.3 Å². The van der Waals surface area contributed by atoms with Crippen molar-refractivity contribution < 1.29 is 9.66 Å². The number of benzene rings is 2. The molecule has 0 aromatic heterocycles. The third kappa shape index (κ3) is 2.57. The van der Waals surface area contributed by atoms with E-state index in [4.69, 9.17) is 4.74 Å². The van der Waals surface area contributed by atoms with Crippen molar-refractivity contribution in [2.24, 2.45) is 4.99 Å². The summed E-state index contributed by atoms with van der Waals surface area (Å²) < 4.78 is 5.80. The molecule has 0 saturated heterocycles. The van der Waals surface area contributed by atoms with Crippen LogP contribution in [0.3, 0.4) is 0 Å². The Morgan fingerprint density at radius 1 is 1.18 bits per heavy atom. The molecule has 0 spiro atoms. The summed E-state index contributed by atoms with van der Waals surface area (Å²) in [5.74, 6) is 0.826. The largest absolute Gasteiger partial charge is 0.491 e. The maximum absolute atomic E-state index is 10.8. The van der Waals surface area contributed by atoms with E-state index in [-0.39, 0.29) is 5.69 Å². The Morgan fingerprint density at radius 3 is 2.59 bits per heavy atom. The van der Waals surface area contributed by atoms with Crippen LogP contribution in [-0.2, 0) is 0 Å². The summed E-state index contributed by atoms with van der Waals surface area (Å²) in [5.41, 5.74) is 4.98. The summed E-state index contributed by atoms with van der Waals surface area (Å²) >= 11 is 0. The molecule has 5 nitrogen and oxygen atoms in total. The van der Waals surface area contributed by atoms with Crippen LogP contribution >= 0.6 is 0 Å². The summed E-state index contributed by atoms with van der Waals surface area (Å²) in [5, 5.41) is 10.8. The fourth-order valence-corrected chi connectivity index (χ4v) is 2.71. The smallest absolute Gasteiger partial charge is 0.269 e. The van der Waals surface area contributed by atoms with Crippen molar-refractivity contribution in [3.63, 3.8) is 0 Å². The highest BCUT2D eigenvalue weighted by Crippen LogP contribution is 2.29. The van der Waals surface area contributed by atoms with Gasteiger partial charge in [-0.2, -0.15) is 0 Å². The van der Waals surface area contributed by atoms with Gasteiger partial charge in [-0.15, -0.1) is 0 Å². The van der Waals surface area contributed by atoms with Crippen molar-refractivity contribution in [2.75, 3.05) is 13.2 Å². The van der Waals surface area contributed by atoms with Gasteiger partial charge in [-0.3, -0.25) is 15.1 Å². The second-order valence-corrected chi connectivity index (χ2v) is 5.34. The molecule has 0 fully saturated rings. The zero-order chi connectivity index (χ0) is 15.7. The van der Waals surface area contributed by atoms with Gasteiger partial charge in [0.2, 0.25) is 0 Å². The van der Waals surface area contributed by atoms with Gasteiger partial charge < -0.3 is 4.74 Å². The van der Waals surface area contributed by atoms with Crippen LogP contribution < -0.4 is 4.74 Å². The minimum atomic E-state index is -0.398. The van der Waals surface area contributed by atoms with Crippen LogP contribution in [0.4, 0.5) is 5.69 Å². The predicted octanol–water partition coefficient (Wildman–Crippen LogP) is 3.44. The van der Waals surface area contributed by atoms with E-state index in [0.717, 1.165) is 33.7 Å². The lowest BCUT2D eigenvalue weighted by molar-refractivity contribution is -0.384. The Kier molecular flexibility index (Phi) is 3.63. The van der Waals surface area contributed by atoms with E-state index in [9.17, 15) is 10.1 Å². The number of ether oxygens (including phenoxy) is 1. The molecule has 112 valence electrons. The standard InChI is InChI=1S/C17H16N2O3/c1-11-9-12(2)16-15(10-11)22-8-7-18-17(16)13-3-5-14(6-4-13)19(20)21/h3-6,9-10H,7-8H2,1-2H3. The molecule has 0 aliphatic carbocycles. The number of hydrogen-bond acceptors (Lipinski definition) is 4. The van der Waals surface area contributed by atoms with Gasteiger partial charge in [-0.1, -0.05) is 6.07 Å². The van der Waals surface area contributed by atoms with Crippen LogP contribution in [0.5, 0.6) is 5.75 Å². The fourth-order valence-electron chi connectivity index (χ4n) is 2.71. The second kappa shape index (κ2) is 5.60. The summed E-state index contributed by atoms with van der Waals surface area (Å²) in [6.45, 7) is 5.16. The van der Waals surface area contributed by atoms with Gasteiger partial charge in [0.1, 0.15) is 12.4 Å². The highest BCUT2D eigenvalue weighted by Gasteiger charge is 2.19. The minimum absolute atomic E-state index is 0.0788. The fraction of sp³-hybridized carbons (Fsp3) is 0.235. The van der Waals surface area contributed by atoms with Gasteiger partial charge in [0, 0.05) is 23.3 Å². The molecule has 1 heterocycles. The molecule has 2 aromatic rings. The van der Waals surface area contributed by atoms with Crippen molar-refractivity contribution in [1.82, 2.24) is 0 Å². The first kappa shape index (κ1) is 14.3. The molecule has 22 heavy (non-hydrogen) atoms. The number of aliphatic imine (C=N–C) groups is 1. The highest BCUT2D eigenvalue weighted by atomic mass is 16.6. The molecule has 0 atom stereocenters. The molecule has 3 rings (SSSR count). The van der Waals surface area contributed by atoms with Gasteiger partial charge in [0.05, 0.1) is 17.2 Å². The van der Waals surface area contributed by atoms with Gasteiger partial charge in [-0.25, -0.2) is 0 Å². The first-order valence-electron chi connectivity index (χ1n) is 7.10. The Morgan fingerprint density at radius 2 is 1.91 bits per heavy atom. The zero-order valence-corrected chi connectivity index (χ0v) is 12.5. The lowest BCUT2D eigenvalue weighted by atomic mass is 9.95. The van der Waals surface area contributed by atoms with Crippen molar-refractivity contribution in [1.29, 1.82) is 0 Å². The van der Waals surface area contributed by atoms with E-state index in [2.05, 4.69) is 11.1 Å². The average molecular weight is 296 g/mol. The first-order valence-corrected chi connectivity index (χ1v) is 7.10. The van der Waals surface area contributed by atoms with E-state index >= 15 is 0 Å². The summed E-state index contributed by atoms with van der Waals surface area (Å²) in [4.78, 5) is 15.0. The quantitative estimate of drug-likeness (QED) is 0.630. The SMILES string of the molecule is Cc1cc(C)c2c(c1)OCCN=C2c1ccc([N+](=O)[O-])cc1. The van der Waals surface area contributed by atoms with Gasteiger partial charge in [0.15, 0.2) is 0 Å². The van der Waals surface area contributed by atoms with E-state index in [1.807, 2.05) is 19.9 Å². The molecule has 1 aliphatic rings.